The minimum atomic E-state index is 0.0879. The quantitative estimate of drug-likeness (QED) is 0.871. The molecule has 1 atom stereocenters. The highest BCUT2D eigenvalue weighted by Crippen LogP contribution is 2.54. The Labute approximate surface area is 103 Å². The number of ether oxygens (including phenoxy) is 2. The van der Waals surface area contributed by atoms with Crippen LogP contribution in [0.3, 0.4) is 0 Å². The summed E-state index contributed by atoms with van der Waals surface area (Å²) in [5.74, 6) is 1.84. The van der Waals surface area contributed by atoms with Crippen LogP contribution >= 0.6 is 0 Å². The molecule has 1 unspecified atom stereocenters. The molecule has 1 aromatic carbocycles. The first-order chi connectivity index (χ1) is 8.05. The molecular weight excluding hydrogens is 214 g/mol. The van der Waals surface area contributed by atoms with Crippen molar-refractivity contribution in [3.05, 3.63) is 23.3 Å². The number of rotatable bonds is 4. The van der Waals surface area contributed by atoms with Crippen LogP contribution in [-0.4, -0.2) is 20.3 Å². The van der Waals surface area contributed by atoms with Crippen molar-refractivity contribution < 1.29 is 9.47 Å². The second-order valence-corrected chi connectivity index (χ2v) is 4.97. The monoisotopic (exact) mass is 235 g/mol. The third-order valence-corrected chi connectivity index (χ3v) is 3.88. The minimum Gasteiger partial charge on any atom is -0.497 e. The predicted octanol–water partition coefficient (Wildman–Crippen LogP) is 2.39. The normalized spacial score (nSPS) is 18.6. The molecular formula is C14H21NO2. The van der Waals surface area contributed by atoms with E-state index in [4.69, 9.17) is 15.2 Å². The molecule has 1 aromatic rings. The lowest BCUT2D eigenvalue weighted by atomic mass is 9.87. The highest BCUT2D eigenvalue weighted by Gasteiger charge is 2.49. The summed E-state index contributed by atoms with van der Waals surface area (Å²) in [6.45, 7) is 4.11. The molecule has 0 heterocycles. The van der Waals surface area contributed by atoms with Crippen LogP contribution in [0.5, 0.6) is 11.5 Å². The van der Waals surface area contributed by atoms with Gasteiger partial charge in [0.1, 0.15) is 11.5 Å². The molecule has 0 aliphatic heterocycles. The van der Waals surface area contributed by atoms with Gasteiger partial charge >= 0.3 is 0 Å². The average molecular weight is 235 g/mol. The first-order valence-corrected chi connectivity index (χ1v) is 6.04. The fraction of sp³-hybridized carbons (Fsp3) is 0.571. The second-order valence-electron chi connectivity index (χ2n) is 4.97. The fourth-order valence-corrected chi connectivity index (χ4v) is 2.60. The third-order valence-electron chi connectivity index (χ3n) is 3.88. The second kappa shape index (κ2) is 4.22. The van der Waals surface area contributed by atoms with E-state index in [0.29, 0.717) is 0 Å². The lowest BCUT2D eigenvalue weighted by Gasteiger charge is -2.24. The van der Waals surface area contributed by atoms with Crippen molar-refractivity contribution >= 4 is 0 Å². The van der Waals surface area contributed by atoms with Gasteiger partial charge in [0.15, 0.2) is 0 Å². The van der Waals surface area contributed by atoms with E-state index in [2.05, 4.69) is 13.0 Å². The maximum atomic E-state index is 6.13. The van der Waals surface area contributed by atoms with Crippen molar-refractivity contribution in [1.82, 2.24) is 0 Å². The summed E-state index contributed by atoms with van der Waals surface area (Å²) in [5, 5.41) is 0. The Hall–Kier alpha value is -1.22. The van der Waals surface area contributed by atoms with E-state index in [9.17, 15) is 0 Å². The van der Waals surface area contributed by atoms with Gasteiger partial charge < -0.3 is 15.2 Å². The van der Waals surface area contributed by atoms with Crippen molar-refractivity contribution in [3.8, 4) is 11.5 Å². The Morgan fingerprint density at radius 2 is 1.88 bits per heavy atom. The lowest BCUT2D eigenvalue weighted by molar-refractivity contribution is 0.386. The molecule has 0 aromatic heterocycles. The maximum Gasteiger partial charge on any atom is 0.125 e. The van der Waals surface area contributed by atoms with Gasteiger partial charge in [-0.15, -0.1) is 0 Å². The zero-order chi connectivity index (χ0) is 12.6. The fourth-order valence-electron chi connectivity index (χ4n) is 2.60. The van der Waals surface area contributed by atoms with E-state index in [1.165, 1.54) is 5.56 Å². The van der Waals surface area contributed by atoms with Gasteiger partial charge in [0.2, 0.25) is 0 Å². The molecule has 0 saturated heterocycles. The van der Waals surface area contributed by atoms with Gasteiger partial charge in [0, 0.05) is 17.0 Å². The van der Waals surface area contributed by atoms with Crippen molar-refractivity contribution in [2.24, 2.45) is 5.73 Å². The number of hydrogen-bond acceptors (Lipinski definition) is 3. The maximum absolute atomic E-state index is 6.13. The van der Waals surface area contributed by atoms with E-state index in [1.54, 1.807) is 14.2 Å². The summed E-state index contributed by atoms with van der Waals surface area (Å²) in [5.41, 5.74) is 8.53. The summed E-state index contributed by atoms with van der Waals surface area (Å²) < 4.78 is 10.9. The van der Waals surface area contributed by atoms with Crippen LogP contribution in [0.15, 0.2) is 12.1 Å². The first-order valence-electron chi connectivity index (χ1n) is 6.04. The Kier molecular flexibility index (Phi) is 3.04. The van der Waals surface area contributed by atoms with Crippen LogP contribution < -0.4 is 15.2 Å². The summed E-state index contributed by atoms with van der Waals surface area (Å²) in [6.07, 6.45) is 2.27. The molecule has 2 N–H and O–H groups in total. The third kappa shape index (κ3) is 1.89. The molecule has 0 radical (unpaired) electrons. The first kappa shape index (κ1) is 12.2. The number of benzene rings is 1. The Morgan fingerprint density at radius 3 is 2.29 bits per heavy atom. The smallest absolute Gasteiger partial charge is 0.125 e. The van der Waals surface area contributed by atoms with Gasteiger partial charge in [0.05, 0.1) is 14.2 Å². The van der Waals surface area contributed by atoms with Gasteiger partial charge in [-0.2, -0.15) is 0 Å². The number of methoxy groups -OCH3 is 2. The van der Waals surface area contributed by atoms with Crippen molar-refractivity contribution in [2.45, 2.75) is 38.1 Å². The number of nitrogens with two attached hydrogens (primary N) is 1. The molecule has 1 fully saturated rings. The highest BCUT2D eigenvalue weighted by molar-refractivity contribution is 5.53. The lowest BCUT2D eigenvalue weighted by Crippen LogP contribution is -2.32. The summed E-state index contributed by atoms with van der Waals surface area (Å²) in [6, 6.07) is 4.21. The van der Waals surface area contributed by atoms with E-state index < -0.39 is 0 Å². The Balaban J connectivity index is 2.55. The molecule has 0 spiro atoms. The highest BCUT2D eigenvalue weighted by atomic mass is 16.5. The van der Waals surface area contributed by atoms with Gasteiger partial charge in [0.25, 0.3) is 0 Å². The van der Waals surface area contributed by atoms with E-state index in [0.717, 1.165) is 29.9 Å². The summed E-state index contributed by atoms with van der Waals surface area (Å²) in [4.78, 5) is 0. The zero-order valence-corrected chi connectivity index (χ0v) is 11.0. The number of hydrogen-bond donors (Lipinski definition) is 1. The molecule has 0 amide bonds. The summed E-state index contributed by atoms with van der Waals surface area (Å²) in [7, 11) is 3.41. The largest absolute Gasteiger partial charge is 0.497 e. The van der Waals surface area contributed by atoms with Crippen molar-refractivity contribution in [2.75, 3.05) is 14.2 Å². The molecule has 0 bridgehead atoms. The summed E-state index contributed by atoms with van der Waals surface area (Å²) >= 11 is 0. The molecule has 3 heteroatoms. The molecule has 1 aliphatic carbocycles. The molecule has 1 saturated carbocycles. The molecule has 2 rings (SSSR count). The molecule has 94 valence electrons. The average Bonchev–Trinajstić information content (AvgIpc) is 3.09. The van der Waals surface area contributed by atoms with E-state index in [-0.39, 0.29) is 11.5 Å². The molecule has 1 aliphatic rings. The van der Waals surface area contributed by atoms with Crippen molar-refractivity contribution in [1.29, 1.82) is 0 Å². The molecule has 17 heavy (non-hydrogen) atoms. The predicted molar refractivity (Wildman–Crippen MR) is 68.8 cm³/mol. The van der Waals surface area contributed by atoms with Crippen LogP contribution in [0, 0.1) is 6.92 Å². The SMILES string of the molecule is COc1cc(C)c(OC)c(C2(C(C)N)CC2)c1. The Morgan fingerprint density at radius 1 is 1.24 bits per heavy atom. The van der Waals surface area contributed by atoms with Gasteiger partial charge in [-0.25, -0.2) is 0 Å². The van der Waals surface area contributed by atoms with Crippen LogP contribution in [-0.2, 0) is 5.41 Å². The van der Waals surface area contributed by atoms with Gasteiger partial charge in [-0.05, 0) is 44.4 Å². The van der Waals surface area contributed by atoms with Crippen LogP contribution in [0.25, 0.3) is 0 Å². The van der Waals surface area contributed by atoms with Crippen LogP contribution in [0.1, 0.15) is 30.9 Å². The Bertz CT molecular complexity index is 422. The van der Waals surface area contributed by atoms with Gasteiger partial charge in [-0.3, -0.25) is 0 Å². The number of aryl methyl sites for hydroxylation is 1. The van der Waals surface area contributed by atoms with Crippen LogP contribution in [0.2, 0.25) is 0 Å². The standard InChI is InChI=1S/C14H21NO2/c1-9-7-11(16-3)8-12(13(9)17-4)14(5-6-14)10(2)15/h7-8,10H,5-6,15H2,1-4H3. The van der Waals surface area contributed by atoms with E-state index >= 15 is 0 Å². The minimum absolute atomic E-state index is 0.0879. The van der Waals surface area contributed by atoms with Crippen molar-refractivity contribution in [3.63, 3.8) is 0 Å². The van der Waals surface area contributed by atoms with E-state index in [1.807, 2.05) is 13.0 Å². The zero-order valence-electron chi connectivity index (χ0n) is 11.0. The van der Waals surface area contributed by atoms with Crippen LogP contribution in [0.4, 0.5) is 0 Å². The van der Waals surface area contributed by atoms with Gasteiger partial charge in [-0.1, -0.05) is 0 Å². The molecule has 3 nitrogen and oxygen atoms in total. The topological polar surface area (TPSA) is 44.5 Å².